The van der Waals surface area contributed by atoms with Crippen molar-refractivity contribution in [2.45, 2.75) is 6.54 Å². The largest absolute Gasteiger partial charge is 0.492 e. The first kappa shape index (κ1) is 15.1. The highest BCUT2D eigenvalue weighted by Gasteiger charge is 2.22. The average Bonchev–Trinajstić information content (AvgIpc) is 3.02. The summed E-state index contributed by atoms with van der Waals surface area (Å²) in [5.41, 5.74) is 0.574. The fourth-order valence-electron chi connectivity index (χ4n) is 2.27. The second kappa shape index (κ2) is 6.97. The van der Waals surface area contributed by atoms with Crippen LogP contribution in [0.2, 0.25) is 0 Å². The summed E-state index contributed by atoms with van der Waals surface area (Å²) >= 11 is 0. The van der Waals surface area contributed by atoms with Crippen LogP contribution in [0.5, 0.6) is 17.2 Å². The zero-order valence-corrected chi connectivity index (χ0v) is 12.4. The van der Waals surface area contributed by atoms with E-state index in [1.807, 2.05) is 30.3 Å². The van der Waals surface area contributed by atoms with E-state index in [-0.39, 0.29) is 12.5 Å². The van der Waals surface area contributed by atoms with E-state index in [0.29, 0.717) is 36.8 Å². The molecule has 2 aromatic carbocycles. The minimum Gasteiger partial charge on any atom is -0.492 e. The van der Waals surface area contributed by atoms with Gasteiger partial charge in [-0.2, -0.15) is 0 Å². The van der Waals surface area contributed by atoms with E-state index in [2.05, 4.69) is 5.32 Å². The summed E-state index contributed by atoms with van der Waals surface area (Å²) in [7, 11) is 0. The second-order valence-electron chi connectivity index (χ2n) is 4.93. The summed E-state index contributed by atoms with van der Waals surface area (Å²) in [4.78, 5) is 10.7. The SMILES string of the molecule is O=[N+]([O-])c1cc2c(cc1CNCCOc1ccccc1)OCO2. The smallest absolute Gasteiger partial charge is 0.277 e. The molecule has 0 saturated heterocycles. The average molecular weight is 316 g/mol. The molecule has 7 heteroatoms. The molecular weight excluding hydrogens is 300 g/mol. The summed E-state index contributed by atoms with van der Waals surface area (Å²) in [6, 6.07) is 12.5. The van der Waals surface area contributed by atoms with Crippen LogP contribution in [-0.4, -0.2) is 24.9 Å². The van der Waals surface area contributed by atoms with Gasteiger partial charge in [-0.1, -0.05) is 18.2 Å². The van der Waals surface area contributed by atoms with E-state index < -0.39 is 4.92 Å². The number of rotatable bonds is 7. The van der Waals surface area contributed by atoms with Gasteiger partial charge in [-0.3, -0.25) is 10.1 Å². The molecule has 7 nitrogen and oxygen atoms in total. The van der Waals surface area contributed by atoms with Crippen molar-refractivity contribution >= 4 is 5.69 Å². The van der Waals surface area contributed by atoms with Crippen LogP contribution in [0.1, 0.15) is 5.56 Å². The summed E-state index contributed by atoms with van der Waals surface area (Å²) in [6.07, 6.45) is 0. The fraction of sp³-hybridized carbons (Fsp3) is 0.250. The van der Waals surface area contributed by atoms with Gasteiger partial charge < -0.3 is 19.5 Å². The van der Waals surface area contributed by atoms with E-state index in [9.17, 15) is 10.1 Å². The first-order chi connectivity index (χ1) is 11.2. The van der Waals surface area contributed by atoms with Crippen LogP contribution < -0.4 is 19.5 Å². The Balaban J connectivity index is 1.54. The van der Waals surface area contributed by atoms with Crippen molar-refractivity contribution in [2.75, 3.05) is 19.9 Å². The van der Waals surface area contributed by atoms with Crippen LogP contribution in [0.3, 0.4) is 0 Å². The van der Waals surface area contributed by atoms with Gasteiger partial charge in [0, 0.05) is 18.7 Å². The summed E-state index contributed by atoms with van der Waals surface area (Å²) < 4.78 is 16.0. The number of hydrogen-bond donors (Lipinski definition) is 1. The molecule has 1 heterocycles. The molecule has 0 spiro atoms. The second-order valence-corrected chi connectivity index (χ2v) is 4.93. The molecule has 0 unspecified atom stereocenters. The highest BCUT2D eigenvalue weighted by atomic mass is 16.7. The van der Waals surface area contributed by atoms with E-state index in [4.69, 9.17) is 14.2 Å². The highest BCUT2D eigenvalue weighted by Crippen LogP contribution is 2.37. The van der Waals surface area contributed by atoms with Gasteiger partial charge >= 0.3 is 0 Å². The van der Waals surface area contributed by atoms with Crippen LogP contribution in [-0.2, 0) is 6.54 Å². The third-order valence-corrected chi connectivity index (χ3v) is 3.38. The van der Waals surface area contributed by atoms with Crippen LogP contribution >= 0.6 is 0 Å². The Kier molecular flexibility index (Phi) is 4.58. The van der Waals surface area contributed by atoms with Gasteiger partial charge in [-0.05, 0) is 18.2 Å². The molecule has 0 atom stereocenters. The number of nitro groups is 1. The van der Waals surface area contributed by atoms with E-state index in [1.54, 1.807) is 6.07 Å². The summed E-state index contributed by atoms with van der Waals surface area (Å²) in [5, 5.41) is 14.3. The maximum Gasteiger partial charge on any atom is 0.277 e. The van der Waals surface area contributed by atoms with Crippen LogP contribution in [0.15, 0.2) is 42.5 Å². The van der Waals surface area contributed by atoms with Gasteiger partial charge in [-0.25, -0.2) is 0 Å². The van der Waals surface area contributed by atoms with Gasteiger partial charge in [0.15, 0.2) is 11.5 Å². The Hall–Kier alpha value is -2.80. The molecule has 1 N–H and O–H groups in total. The van der Waals surface area contributed by atoms with Crippen molar-refractivity contribution in [3.8, 4) is 17.2 Å². The van der Waals surface area contributed by atoms with Crippen LogP contribution in [0, 0.1) is 10.1 Å². The number of nitro benzene ring substituents is 1. The molecule has 3 rings (SSSR count). The monoisotopic (exact) mass is 316 g/mol. The Labute approximate surface area is 132 Å². The molecule has 23 heavy (non-hydrogen) atoms. The lowest BCUT2D eigenvalue weighted by Gasteiger charge is -2.08. The quantitative estimate of drug-likeness (QED) is 0.480. The highest BCUT2D eigenvalue weighted by molar-refractivity contribution is 5.55. The van der Waals surface area contributed by atoms with Crippen molar-refractivity contribution in [3.63, 3.8) is 0 Å². The summed E-state index contributed by atoms with van der Waals surface area (Å²) in [6.45, 7) is 1.49. The van der Waals surface area contributed by atoms with Crippen LogP contribution in [0.4, 0.5) is 5.69 Å². The number of hydrogen-bond acceptors (Lipinski definition) is 6. The van der Waals surface area contributed by atoms with Gasteiger partial charge in [-0.15, -0.1) is 0 Å². The Bertz CT molecular complexity index is 690. The molecule has 0 aromatic heterocycles. The Morgan fingerprint density at radius 3 is 2.65 bits per heavy atom. The number of fused-ring (bicyclic) bond motifs is 1. The van der Waals surface area contributed by atoms with Crippen molar-refractivity contribution in [2.24, 2.45) is 0 Å². The zero-order chi connectivity index (χ0) is 16.1. The number of nitrogens with zero attached hydrogens (tertiary/aromatic N) is 1. The lowest BCUT2D eigenvalue weighted by Crippen LogP contribution is -2.21. The van der Waals surface area contributed by atoms with Gasteiger partial charge in [0.05, 0.1) is 11.0 Å². The van der Waals surface area contributed by atoms with Gasteiger partial charge in [0.2, 0.25) is 6.79 Å². The molecule has 0 bridgehead atoms. The number of ether oxygens (including phenoxy) is 3. The lowest BCUT2D eigenvalue weighted by molar-refractivity contribution is -0.385. The minimum absolute atomic E-state index is 0.0192. The molecule has 0 aliphatic carbocycles. The third kappa shape index (κ3) is 3.70. The molecule has 0 radical (unpaired) electrons. The molecular formula is C16H16N2O5. The molecule has 120 valence electrons. The Morgan fingerprint density at radius 1 is 1.17 bits per heavy atom. The minimum atomic E-state index is -0.417. The molecule has 0 fully saturated rings. The van der Waals surface area contributed by atoms with E-state index in [0.717, 1.165) is 5.75 Å². The molecule has 1 aliphatic rings. The standard InChI is InChI=1S/C16H16N2O5/c19-18(20)14-9-16-15(22-11-23-16)8-12(14)10-17-6-7-21-13-4-2-1-3-5-13/h1-5,8-9,17H,6-7,10-11H2. The van der Waals surface area contributed by atoms with Crippen molar-refractivity contribution in [3.05, 3.63) is 58.1 Å². The summed E-state index contributed by atoms with van der Waals surface area (Å²) in [5.74, 6) is 1.74. The van der Waals surface area contributed by atoms with Gasteiger partial charge in [0.1, 0.15) is 12.4 Å². The lowest BCUT2D eigenvalue weighted by atomic mass is 10.1. The van der Waals surface area contributed by atoms with Crippen molar-refractivity contribution in [1.29, 1.82) is 0 Å². The number of benzene rings is 2. The normalized spacial score (nSPS) is 12.2. The maximum atomic E-state index is 11.2. The molecule has 1 aliphatic heterocycles. The molecule has 2 aromatic rings. The van der Waals surface area contributed by atoms with E-state index in [1.165, 1.54) is 6.07 Å². The fourth-order valence-corrected chi connectivity index (χ4v) is 2.27. The third-order valence-electron chi connectivity index (χ3n) is 3.38. The first-order valence-corrected chi connectivity index (χ1v) is 7.19. The number of nitrogens with one attached hydrogen (secondary N) is 1. The number of para-hydroxylation sites is 1. The predicted molar refractivity (Wildman–Crippen MR) is 82.9 cm³/mol. The molecule has 0 saturated carbocycles. The topological polar surface area (TPSA) is 82.9 Å². The molecule has 0 amide bonds. The Morgan fingerprint density at radius 2 is 1.91 bits per heavy atom. The van der Waals surface area contributed by atoms with Crippen molar-refractivity contribution in [1.82, 2.24) is 5.32 Å². The van der Waals surface area contributed by atoms with Crippen molar-refractivity contribution < 1.29 is 19.1 Å². The zero-order valence-electron chi connectivity index (χ0n) is 12.4. The van der Waals surface area contributed by atoms with Gasteiger partial charge in [0.25, 0.3) is 5.69 Å². The van der Waals surface area contributed by atoms with Crippen LogP contribution in [0.25, 0.3) is 0 Å². The van der Waals surface area contributed by atoms with E-state index >= 15 is 0 Å². The maximum absolute atomic E-state index is 11.2. The predicted octanol–water partition coefficient (Wildman–Crippen LogP) is 2.49. The first-order valence-electron chi connectivity index (χ1n) is 7.19.